The second kappa shape index (κ2) is 5.19. The minimum Gasteiger partial charge on any atom is -0.490 e. The molecule has 8 heteroatoms. The van der Waals surface area contributed by atoms with Gasteiger partial charge in [-0.05, 0) is 13.0 Å². The fraction of sp³-hybridized carbons (Fsp3) is 0.300. The smallest absolute Gasteiger partial charge is 0.339 e. The Morgan fingerprint density at radius 3 is 2.67 bits per heavy atom. The second-order valence-corrected chi connectivity index (χ2v) is 4.15. The molecule has 0 saturated heterocycles. The maximum atomic E-state index is 10.6. The highest BCUT2D eigenvalue weighted by molar-refractivity contribution is 6.32. The molecule has 0 fully saturated rings. The summed E-state index contributed by atoms with van der Waals surface area (Å²) >= 11 is 5.64. The molecule has 0 radical (unpaired) electrons. The number of rotatable bonds is 5. The summed E-state index contributed by atoms with van der Waals surface area (Å²) in [6.07, 6.45) is 0. The number of hydrogen-bond acceptors (Lipinski definition) is 5. The van der Waals surface area contributed by atoms with Crippen LogP contribution in [0.4, 0.5) is 5.69 Å². The monoisotopic (exact) mass is 275 g/mol. The molecule has 0 amide bonds. The van der Waals surface area contributed by atoms with E-state index in [0.29, 0.717) is 0 Å². The van der Waals surface area contributed by atoms with Crippen LogP contribution < -0.4 is 4.74 Å². The number of aliphatic carboxylic acids is 1. The summed E-state index contributed by atoms with van der Waals surface area (Å²) in [5.41, 5.74) is -2.33. The van der Waals surface area contributed by atoms with Crippen molar-refractivity contribution < 1.29 is 24.7 Å². The maximum absolute atomic E-state index is 10.6. The lowest BCUT2D eigenvalue weighted by Crippen LogP contribution is -2.41. The first-order valence-corrected chi connectivity index (χ1v) is 5.14. The maximum Gasteiger partial charge on any atom is 0.339 e. The average Bonchev–Trinajstić information content (AvgIpc) is 2.25. The van der Waals surface area contributed by atoms with E-state index in [2.05, 4.69) is 0 Å². The molecular weight excluding hydrogens is 266 g/mol. The van der Waals surface area contributed by atoms with Crippen molar-refractivity contribution >= 4 is 23.3 Å². The van der Waals surface area contributed by atoms with Crippen LogP contribution in [-0.2, 0) is 4.79 Å². The van der Waals surface area contributed by atoms with E-state index in [1.54, 1.807) is 0 Å². The molecule has 2 N–H and O–H groups in total. The fourth-order valence-corrected chi connectivity index (χ4v) is 1.25. The zero-order valence-electron chi connectivity index (χ0n) is 9.29. The van der Waals surface area contributed by atoms with Crippen LogP contribution in [-0.4, -0.2) is 33.3 Å². The van der Waals surface area contributed by atoms with E-state index in [0.717, 1.165) is 13.0 Å². The number of aliphatic hydroxyl groups is 1. The van der Waals surface area contributed by atoms with Gasteiger partial charge in [-0.1, -0.05) is 11.6 Å². The number of nitro benzene ring substituents is 1. The van der Waals surface area contributed by atoms with Crippen LogP contribution in [0.1, 0.15) is 6.92 Å². The minimum absolute atomic E-state index is 0.132. The van der Waals surface area contributed by atoms with Crippen LogP contribution in [0.3, 0.4) is 0 Å². The lowest BCUT2D eigenvalue weighted by atomic mass is 10.1. The van der Waals surface area contributed by atoms with E-state index in [4.69, 9.17) is 21.4 Å². The first-order chi connectivity index (χ1) is 8.24. The molecule has 1 aromatic rings. The van der Waals surface area contributed by atoms with E-state index in [9.17, 15) is 20.0 Å². The predicted molar refractivity (Wildman–Crippen MR) is 61.9 cm³/mol. The summed E-state index contributed by atoms with van der Waals surface area (Å²) in [6, 6.07) is 3.58. The highest BCUT2D eigenvalue weighted by Crippen LogP contribution is 2.28. The SMILES string of the molecule is CC(O)(COc1ccc([N+](=O)[O-])c(Cl)c1)C(=O)O. The van der Waals surface area contributed by atoms with Crippen LogP contribution in [0.15, 0.2) is 18.2 Å². The van der Waals surface area contributed by atoms with Gasteiger partial charge in [0.25, 0.3) is 5.69 Å². The Kier molecular flexibility index (Phi) is 4.10. The summed E-state index contributed by atoms with van der Waals surface area (Å²) in [5.74, 6) is -1.30. The van der Waals surface area contributed by atoms with Crippen molar-refractivity contribution in [1.82, 2.24) is 0 Å². The zero-order chi connectivity index (χ0) is 13.9. The van der Waals surface area contributed by atoms with E-state index in [1.165, 1.54) is 12.1 Å². The fourth-order valence-electron chi connectivity index (χ4n) is 1.01. The highest BCUT2D eigenvalue weighted by Gasteiger charge is 2.31. The molecule has 98 valence electrons. The molecule has 0 heterocycles. The van der Waals surface area contributed by atoms with Gasteiger partial charge in [0.05, 0.1) is 4.92 Å². The van der Waals surface area contributed by atoms with Gasteiger partial charge in [0.1, 0.15) is 17.4 Å². The molecule has 0 aromatic heterocycles. The molecule has 1 aromatic carbocycles. The largest absolute Gasteiger partial charge is 0.490 e. The standard InChI is InChI=1S/C10H10ClNO6/c1-10(15,9(13)14)5-18-6-2-3-8(12(16)17)7(11)4-6/h2-4,15H,5H2,1H3,(H,13,14). The van der Waals surface area contributed by atoms with E-state index in [-0.39, 0.29) is 16.5 Å². The number of nitrogens with zero attached hydrogens (tertiary/aromatic N) is 1. The summed E-state index contributed by atoms with van der Waals surface area (Å²) in [6.45, 7) is 0.568. The molecule has 1 rings (SSSR count). The van der Waals surface area contributed by atoms with E-state index < -0.39 is 23.1 Å². The van der Waals surface area contributed by atoms with Crippen LogP contribution in [0.25, 0.3) is 0 Å². The van der Waals surface area contributed by atoms with Crippen molar-refractivity contribution in [2.24, 2.45) is 0 Å². The first kappa shape index (κ1) is 14.2. The van der Waals surface area contributed by atoms with Crippen molar-refractivity contribution in [2.75, 3.05) is 6.61 Å². The number of ether oxygens (including phenoxy) is 1. The Morgan fingerprint density at radius 2 is 2.22 bits per heavy atom. The molecule has 7 nitrogen and oxygen atoms in total. The van der Waals surface area contributed by atoms with Gasteiger partial charge < -0.3 is 14.9 Å². The third kappa shape index (κ3) is 3.31. The van der Waals surface area contributed by atoms with Gasteiger partial charge in [-0.25, -0.2) is 4.79 Å². The number of carboxylic acid groups (broad SMARTS) is 1. The molecule has 18 heavy (non-hydrogen) atoms. The average molecular weight is 276 g/mol. The third-order valence-corrected chi connectivity index (χ3v) is 2.40. The van der Waals surface area contributed by atoms with Gasteiger partial charge in [-0.3, -0.25) is 10.1 Å². The van der Waals surface area contributed by atoms with Crippen molar-refractivity contribution in [3.63, 3.8) is 0 Å². The molecule has 0 aliphatic heterocycles. The van der Waals surface area contributed by atoms with Gasteiger partial charge in [0.15, 0.2) is 5.60 Å². The highest BCUT2D eigenvalue weighted by atomic mass is 35.5. The van der Waals surface area contributed by atoms with Crippen LogP contribution in [0.5, 0.6) is 5.75 Å². The van der Waals surface area contributed by atoms with Gasteiger partial charge in [0.2, 0.25) is 0 Å². The summed E-state index contributed by atoms with van der Waals surface area (Å²) < 4.78 is 5.01. The predicted octanol–water partition coefficient (Wildman–Crippen LogP) is 1.46. The zero-order valence-corrected chi connectivity index (χ0v) is 10.0. The quantitative estimate of drug-likeness (QED) is 0.622. The van der Waals surface area contributed by atoms with Crippen molar-refractivity contribution in [2.45, 2.75) is 12.5 Å². The second-order valence-electron chi connectivity index (χ2n) is 3.74. The number of nitro groups is 1. The molecule has 1 atom stereocenters. The van der Waals surface area contributed by atoms with Gasteiger partial charge >= 0.3 is 5.97 Å². The molecule has 0 aliphatic carbocycles. The van der Waals surface area contributed by atoms with E-state index >= 15 is 0 Å². The normalized spacial score (nSPS) is 13.7. The van der Waals surface area contributed by atoms with Crippen molar-refractivity contribution in [3.8, 4) is 5.75 Å². The summed E-state index contributed by atoms with van der Waals surface area (Å²) in [4.78, 5) is 20.5. The molecular formula is C10H10ClNO6. The topological polar surface area (TPSA) is 110 Å². The number of hydrogen-bond donors (Lipinski definition) is 2. The Bertz CT molecular complexity index is 487. The Labute approximate surface area is 107 Å². The Morgan fingerprint density at radius 1 is 1.61 bits per heavy atom. The molecule has 0 aliphatic rings. The van der Waals surface area contributed by atoms with Gasteiger partial charge in [-0.15, -0.1) is 0 Å². The third-order valence-electron chi connectivity index (χ3n) is 2.10. The van der Waals surface area contributed by atoms with Crippen LogP contribution >= 0.6 is 11.6 Å². The molecule has 1 unspecified atom stereocenters. The van der Waals surface area contributed by atoms with Crippen molar-refractivity contribution in [3.05, 3.63) is 33.3 Å². The van der Waals surface area contributed by atoms with Crippen LogP contribution in [0, 0.1) is 10.1 Å². The molecule has 0 spiro atoms. The summed E-state index contributed by atoms with van der Waals surface area (Å²) in [7, 11) is 0. The number of halogens is 1. The Hall–Kier alpha value is -1.86. The van der Waals surface area contributed by atoms with Crippen molar-refractivity contribution in [1.29, 1.82) is 0 Å². The first-order valence-electron chi connectivity index (χ1n) is 4.76. The lowest BCUT2D eigenvalue weighted by Gasteiger charge is -2.18. The summed E-state index contributed by atoms with van der Waals surface area (Å²) in [5, 5.41) is 28.4. The molecule has 0 bridgehead atoms. The Balaban J connectivity index is 2.79. The van der Waals surface area contributed by atoms with Crippen LogP contribution in [0.2, 0.25) is 5.02 Å². The minimum atomic E-state index is -2.05. The molecule has 0 saturated carbocycles. The number of carbonyl (C=O) groups is 1. The van der Waals surface area contributed by atoms with Gasteiger partial charge in [-0.2, -0.15) is 0 Å². The number of benzene rings is 1. The lowest BCUT2D eigenvalue weighted by molar-refractivity contribution is -0.384. The number of carboxylic acids is 1. The van der Waals surface area contributed by atoms with E-state index in [1.807, 2.05) is 0 Å². The van der Waals surface area contributed by atoms with Gasteiger partial charge in [0, 0.05) is 12.1 Å².